The lowest BCUT2D eigenvalue weighted by Gasteiger charge is -2.24. The maximum absolute atomic E-state index is 12.2. The molecule has 0 bridgehead atoms. The molecule has 0 amide bonds. The van der Waals surface area contributed by atoms with E-state index < -0.39 is 64.1 Å². The van der Waals surface area contributed by atoms with Crippen LogP contribution >= 0.6 is 46.7 Å². The number of phosphoric ester groups is 2. The number of aliphatic hydroxyl groups is 1. The van der Waals surface area contributed by atoms with Gasteiger partial charge in [-0.2, -0.15) is 8.62 Å². The Morgan fingerprint density at radius 1 is 1.16 bits per heavy atom. The number of ether oxygens (including phenoxy) is 1. The molecule has 0 saturated carbocycles. The summed E-state index contributed by atoms with van der Waals surface area (Å²) in [5.41, 5.74) is -1.72. The van der Waals surface area contributed by atoms with Crippen molar-refractivity contribution in [1.82, 2.24) is 9.55 Å². The van der Waals surface area contributed by atoms with Crippen LogP contribution in [0.3, 0.4) is 0 Å². The average molecular weight is 565 g/mol. The van der Waals surface area contributed by atoms with Crippen molar-refractivity contribution in [2.45, 2.75) is 22.8 Å². The molecule has 6 atom stereocenters. The minimum Gasteiger partial charge on any atom is -0.387 e. The standard InChI is InChI=1S/C11H17Cl2N2O14P3/c1-24-30(19,20)28-32(23,25-2)29-31(21,22)26-5-6-8(17)11(12,13)9(27-6)15-4-3-7(16)14-10(15)18/h3-4,6,8-9,17H,5H2,1-2H3,(H,19,20)(H,21,22)(H,14,16,18)/t6-,8-,9-,32?/m1/s1. The molecule has 2 heterocycles. The van der Waals surface area contributed by atoms with Crippen molar-refractivity contribution in [3.63, 3.8) is 0 Å². The molecule has 4 N–H and O–H groups in total. The fraction of sp³-hybridized carbons (Fsp3) is 0.636. The predicted octanol–water partition coefficient (Wildman–Crippen LogP) is 0.620. The second kappa shape index (κ2) is 10.1. The van der Waals surface area contributed by atoms with Crippen molar-refractivity contribution < 1.29 is 55.5 Å². The lowest BCUT2D eigenvalue weighted by atomic mass is 10.2. The first-order valence-electron chi connectivity index (χ1n) is 8.03. The first-order chi connectivity index (χ1) is 14.6. The number of aromatic amines is 1. The van der Waals surface area contributed by atoms with Gasteiger partial charge in [0.2, 0.25) is 0 Å². The predicted molar refractivity (Wildman–Crippen MR) is 105 cm³/mol. The Labute approximate surface area is 188 Å². The SMILES string of the molecule is COP(=O)(O)OP(=O)(OC)OP(=O)(O)OC[C@H]1O[C@@H](n2ccc(=O)[nH]c2=O)C(Cl)(Cl)[C@@H]1O. The highest BCUT2D eigenvalue weighted by molar-refractivity contribution is 7.67. The number of halogens is 2. The summed E-state index contributed by atoms with van der Waals surface area (Å²) in [6.45, 7) is -0.977. The van der Waals surface area contributed by atoms with Crippen LogP contribution in [0.15, 0.2) is 21.9 Å². The highest BCUT2D eigenvalue weighted by Gasteiger charge is 2.56. The molecule has 0 aromatic carbocycles. The van der Waals surface area contributed by atoms with E-state index in [9.17, 15) is 38.2 Å². The molecule has 1 aromatic rings. The van der Waals surface area contributed by atoms with Crippen molar-refractivity contribution in [1.29, 1.82) is 0 Å². The Balaban J connectivity index is 2.14. The van der Waals surface area contributed by atoms with E-state index in [0.29, 0.717) is 14.2 Å². The molecule has 2 rings (SSSR count). The van der Waals surface area contributed by atoms with E-state index >= 15 is 0 Å². The summed E-state index contributed by atoms with van der Waals surface area (Å²) in [4.78, 5) is 44.0. The van der Waals surface area contributed by atoms with E-state index in [2.05, 4.69) is 22.2 Å². The quantitative estimate of drug-likeness (QED) is 0.226. The fourth-order valence-electron chi connectivity index (χ4n) is 2.28. The van der Waals surface area contributed by atoms with Crippen LogP contribution in [0, 0.1) is 0 Å². The zero-order chi connectivity index (χ0) is 24.5. The van der Waals surface area contributed by atoms with Crippen LogP contribution in [-0.4, -0.2) is 61.8 Å². The molecule has 0 aliphatic carbocycles. The number of H-pyrrole nitrogens is 1. The Bertz CT molecular complexity index is 1090. The summed E-state index contributed by atoms with van der Waals surface area (Å²) in [5.74, 6) is 0. The maximum atomic E-state index is 12.2. The number of alkyl halides is 2. The zero-order valence-electron chi connectivity index (χ0n) is 16.0. The van der Waals surface area contributed by atoms with Gasteiger partial charge in [-0.05, 0) is 0 Å². The van der Waals surface area contributed by atoms with Gasteiger partial charge < -0.3 is 19.6 Å². The Hall–Kier alpha value is -0.410. The lowest BCUT2D eigenvalue weighted by molar-refractivity contribution is -0.0453. The summed E-state index contributed by atoms with van der Waals surface area (Å²) in [6.07, 6.45) is -3.96. The second-order valence-electron chi connectivity index (χ2n) is 5.87. The van der Waals surface area contributed by atoms with Crippen LogP contribution < -0.4 is 11.2 Å². The molecule has 184 valence electrons. The van der Waals surface area contributed by atoms with E-state index in [1.807, 2.05) is 4.98 Å². The third kappa shape index (κ3) is 6.59. The number of nitrogens with one attached hydrogen (secondary N) is 1. The topological polar surface area (TPSA) is 222 Å². The van der Waals surface area contributed by atoms with Crippen molar-refractivity contribution in [2.24, 2.45) is 0 Å². The number of phosphoric acid groups is 3. The molecule has 1 aromatic heterocycles. The molecule has 3 unspecified atom stereocenters. The number of nitrogens with zero attached hydrogens (tertiary/aromatic N) is 1. The third-order valence-electron chi connectivity index (χ3n) is 3.75. The number of aromatic nitrogens is 2. The highest BCUT2D eigenvalue weighted by atomic mass is 35.5. The van der Waals surface area contributed by atoms with Crippen LogP contribution in [-0.2, 0) is 40.6 Å². The zero-order valence-corrected chi connectivity index (χ0v) is 20.2. The largest absolute Gasteiger partial charge is 0.492 e. The molecule has 16 nitrogen and oxygen atoms in total. The molecule has 1 aliphatic rings. The average Bonchev–Trinajstić information content (AvgIpc) is 2.89. The minimum absolute atomic E-state index is 0.669. The number of hydrogen-bond donors (Lipinski definition) is 4. The number of aliphatic hydroxyl groups excluding tert-OH is 1. The Kier molecular flexibility index (Phi) is 8.75. The van der Waals surface area contributed by atoms with Crippen LogP contribution in [0.2, 0.25) is 0 Å². The molecule has 32 heavy (non-hydrogen) atoms. The minimum atomic E-state index is -5.35. The molecular formula is C11H17Cl2N2O14P3. The van der Waals surface area contributed by atoms with Gasteiger partial charge in [-0.1, -0.05) is 23.2 Å². The van der Waals surface area contributed by atoms with Gasteiger partial charge >= 0.3 is 29.2 Å². The van der Waals surface area contributed by atoms with Gasteiger partial charge in [0.1, 0.15) is 12.2 Å². The van der Waals surface area contributed by atoms with Gasteiger partial charge in [0.25, 0.3) is 5.56 Å². The first-order valence-corrected chi connectivity index (χ1v) is 13.2. The molecule has 21 heteroatoms. The van der Waals surface area contributed by atoms with Crippen molar-refractivity contribution >= 4 is 46.7 Å². The van der Waals surface area contributed by atoms with Gasteiger partial charge in [-0.3, -0.25) is 27.9 Å². The lowest BCUT2D eigenvalue weighted by Crippen LogP contribution is -2.41. The van der Waals surface area contributed by atoms with Crippen molar-refractivity contribution in [3.05, 3.63) is 33.1 Å². The van der Waals surface area contributed by atoms with E-state index in [1.54, 1.807) is 0 Å². The number of hydrogen-bond acceptors (Lipinski definition) is 12. The third-order valence-corrected chi connectivity index (χ3v) is 9.20. The van der Waals surface area contributed by atoms with Crippen LogP contribution in [0.1, 0.15) is 6.23 Å². The Morgan fingerprint density at radius 2 is 1.75 bits per heavy atom. The smallest absolute Gasteiger partial charge is 0.387 e. The normalized spacial score (nSPS) is 28.5. The van der Waals surface area contributed by atoms with E-state index in [1.165, 1.54) is 0 Å². The summed E-state index contributed by atoms with van der Waals surface area (Å²) >= 11 is 12.1. The van der Waals surface area contributed by atoms with Crippen LogP contribution in [0.25, 0.3) is 0 Å². The first kappa shape index (κ1) is 27.8. The monoisotopic (exact) mass is 564 g/mol. The number of rotatable bonds is 10. The van der Waals surface area contributed by atoms with Crippen molar-refractivity contribution in [3.8, 4) is 0 Å². The van der Waals surface area contributed by atoms with Gasteiger partial charge in [0, 0.05) is 26.5 Å². The summed E-state index contributed by atoms with van der Waals surface area (Å²) < 4.78 is 60.6. The molecule has 0 spiro atoms. The van der Waals surface area contributed by atoms with Crippen molar-refractivity contribution in [2.75, 3.05) is 20.8 Å². The maximum Gasteiger partial charge on any atom is 0.492 e. The highest BCUT2D eigenvalue weighted by Crippen LogP contribution is 2.69. The van der Waals surface area contributed by atoms with Gasteiger partial charge in [-0.15, -0.1) is 0 Å². The molecular weight excluding hydrogens is 548 g/mol. The van der Waals surface area contributed by atoms with Crippen LogP contribution in [0.4, 0.5) is 0 Å². The molecule has 1 fully saturated rings. The van der Waals surface area contributed by atoms with Gasteiger partial charge in [0.05, 0.1) is 6.61 Å². The molecule has 0 radical (unpaired) electrons. The van der Waals surface area contributed by atoms with Gasteiger partial charge in [0.15, 0.2) is 10.6 Å². The van der Waals surface area contributed by atoms with Gasteiger partial charge in [-0.25, -0.2) is 18.5 Å². The van der Waals surface area contributed by atoms with E-state index in [-0.39, 0.29) is 0 Å². The Morgan fingerprint density at radius 3 is 2.28 bits per heavy atom. The summed E-state index contributed by atoms with van der Waals surface area (Å²) in [7, 11) is -14.1. The summed E-state index contributed by atoms with van der Waals surface area (Å²) in [6, 6.07) is 0.947. The van der Waals surface area contributed by atoms with E-state index in [0.717, 1.165) is 16.8 Å². The fourth-order valence-corrected chi connectivity index (χ4v) is 6.60. The van der Waals surface area contributed by atoms with Crippen LogP contribution in [0.5, 0.6) is 0 Å². The molecule has 1 aliphatic heterocycles. The summed E-state index contributed by atoms with van der Waals surface area (Å²) in [5, 5.41) is 10.3. The second-order valence-corrected chi connectivity index (χ2v) is 12.4. The molecule has 1 saturated heterocycles. The van der Waals surface area contributed by atoms with E-state index in [4.69, 9.17) is 27.9 Å².